The van der Waals surface area contributed by atoms with E-state index in [0.29, 0.717) is 6.61 Å². The van der Waals surface area contributed by atoms with Crippen LogP contribution in [0.5, 0.6) is 5.75 Å². The lowest BCUT2D eigenvalue weighted by atomic mass is 9.99. The number of hydrazine groups is 1. The highest BCUT2D eigenvalue weighted by Crippen LogP contribution is 2.25. The van der Waals surface area contributed by atoms with Crippen molar-refractivity contribution >= 4 is 11.6 Å². The molecule has 0 saturated heterocycles. The van der Waals surface area contributed by atoms with Gasteiger partial charge in [0.25, 0.3) is 0 Å². The van der Waals surface area contributed by atoms with Gasteiger partial charge in [-0.25, -0.2) is 0 Å². The van der Waals surface area contributed by atoms with Gasteiger partial charge in [-0.15, -0.1) is 0 Å². The third-order valence-electron chi connectivity index (χ3n) is 3.32. The average Bonchev–Trinajstić information content (AvgIpc) is 2.52. The van der Waals surface area contributed by atoms with Crippen LogP contribution in [-0.4, -0.2) is 6.61 Å². The fourth-order valence-corrected chi connectivity index (χ4v) is 2.41. The molecule has 21 heavy (non-hydrogen) atoms. The van der Waals surface area contributed by atoms with Gasteiger partial charge in [0.2, 0.25) is 0 Å². The average molecular weight is 305 g/mol. The van der Waals surface area contributed by atoms with E-state index in [1.165, 1.54) is 0 Å². The molecular formula is C17H21ClN2O. The van der Waals surface area contributed by atoms with Crippen LogP contribution in [0.3, 0.4) is 0 Å². The highest BCUT2D eigenvalue weighted by molar-refractivity contribution is 6.31. The molecule has 0 fully saturated rings. The zero-order chi connectivity index (χ0) is 15.1. The van der Waals surface area contributed by atoms with Gasteiger partial charge in [-0.2, -0.15) is 0 Å². The second kappa shape index (κ2) is 8.03. The summed E-state index contributed by atoms with van der Waals surface area (Å²) in [5.74, 6) is 6.59. The van der Waals surface area contributed by atoms with Gasteiger partial charge in [0.15, 0.2) is 0 Å². The van der Waals surface area contributed by atoms with Crippen molar-refractivity contribution in [3.8, 4) is 5.75 Å². The van der Waals surface area contributed by atoms with Crippen LogP contribution in [0.25, 0.3) is 0 Å². The molecule has 0 aliphatic rings. The van der Waals surface area contributed by atoms with E-state index >= 15 is 0 Å². The van der Waals surface area contributed by atoms with Crippen LogP contribution >= 0.6 is 11.6 Å². The smallest absolute Gasteiger partial charge is 0.119 e. The van der Waals surface area contributed by atoms with E-state index in [9.17, 15) is 0 Å². The molecule has 2 rings (SSSR count). The van der Waals surface area contributed by atoms with Crippen LogP contribution in [0.1, 0.15) is 30.5 Å². The van der Waals surface area contributed by atoms with Gasteiger partial charge < -0.3 is 4.74 Å². The number of rotatable bonds is 7. The first-order chi connectivity index (χ1) is 10.2. The third-order valence-corrected chi connectivity index (χ3v) is 3.69. The molecule has 1 unspecified atom stereocenters. The summed E-state index contributed by atoms with van der Waals surface area (Å²) < 4.78 is 5.67. The Balaban J connectivity index is 2.15. The highest BCUT2D eigenvalue weighted by Gasteiger charge is 2.13. The Kier molecular flexibility index (Phi) is 6.05. The fraction of sp³-hybridized carbons (Fsp3) is 0.294. The van der Waals surface area contributed by atoms with Gasteiger partial charge in [0.1, 0.15) is 5.75 Å². The third kappa shape index (κ3) is 4.46. The molecule has 0 spiro atoms. The van der Waals surface area contributed by atoms with Crippen molar-refractivity contribution in [3.05, 3.63) is 64.7 Å². The number of nitrogens with one attached hydrogen (secondary N) is 1. The van der Waals surface area contributed by atoms with Crippen molar-refractivity contribution in [3.63, 3.8) is 0 Å². The summed E-state index contributed by atoms with van der Waals surface area (Å²) in [6, 6.07) is 15.8. The van der Waals surface area contributed by atoms with E-state index in [-0.39, 0.29) is 6.04 Å². The molecule has 0 bridgehead atoms. The van der Waals surface area contributed by atoms with Crippen molar-refractivity contribution in [2.45, 2.75) is 25.8 Å². The first-order valence-electron chi connectivity index (χ1n) is 7.17. The van der Waals surface area contributed by atoms with Gasteiger partial charge in [-0.05, 0) is 42.2 Å². The topological polar surface area (TPSA) is 47.3 Å². The minimum atomic E-state index is -0.00456. The van der Waals surface area contributed by atoms with Crippen molar-refractivity contribution in [2.75, 3.05) is 6.61 Å². The molecule has 0 saturated carbocycles. The molecule has 0 aromatic heterocycles. The Morgan fingerprint density at radius 2 is 2.00 bits per heavy atom. The standard InChI is InChI=1S/C17H21ClN2O/c1-2-10-21-15-8-5-7-14(11-15)17(20-19)12-13-6-3-4-9-16(13)18/h3-9,11,17,20H,2,10,12,19H2,1H3. The van der Waals surface area contributed by atoms with Gasteiger partial charge in [0, 0.05) is 5.02 Å². The lowest BCUT2D eigenvalue weighted by molar-refractivity contribution is 0.316. The predicted molar refractivity (Wildman–Crippen MR) is 87.4 cm³/mol. The highest BCUT2D eigenvalue weighted by atomic mass is 35.5. The van der Waals surface area contributed by atoms with E-state index in [0.717, 1.165) is 34.7 Å². The monoisotopic (exact) mass is 304 g/mol. The number of ether oxygens (including phenoxy) is 1. The summed E-state index contributed by atoms with van der Waals surface area (Å²) in [4.78, 5) is 0. The maximum atomic E-state index is 6.22. The quantitative estimate of drug-likeness (QED) is 0.603. The van der Waals surface area contributed by atoms with Crippen molar-refractivity contribution in [1.82, 2.24) is 5.43 Å². The maximum absolute atomic E-state index is 6.22. The Labute approximate surface area is 131 Å². The van der Waals surface area contributed by atoms with Crippen molar-refractivity contribution in [1.29, 1.82) is 0 Å². The SMILES string of the molecule is CCCOc1cccc(C(Cc2ccccc2Cl)NN)c1. The summed E-state index contributed by atoms with van der Waals surface area (Å²) >= 11 is 6.22. The van der Waals surface area contributed by atoms with Crippen molar-refractivity contribution in [2.24, 2.45) is 5.84 Å². The maximum Gasteiger partial charge on any atom is 0.119 e. The molecule has 2 aromatic rings. The number of benzene rings is 2. The normalized spacial score (nSPS) is 12.1. The molecule has 0 aliphatic carbocycles. The van der Waals surface area contributed by atoms with Crippen LogP contribution in [0.15, 0.2) is 48.5 Å². The fourth-order valence-electron chi connectivity index (χ4n) is 2.20. The molecule has 2 aromatic carbocycles. The summed E-state index contributed by atoms with van der Waals surface area (Å²) in [5, 5.41) is 0.760. The minimum Gasteiger partial charge on any atom is -0.494 e. The van der Waals surface area contributed by atoms with Gasteiger partial charge >= 0.3 is 0 Å². The summed E-state index contributed by atoms with van der Waals surface area (Å²) in [7, 11) is 0. The molecular weight excluding hydrogens is 284 g/mol. The van der Waals surface area contributed by atoms with Crippen LogP contribution in [-0.2, 0) is 6.42 Å². The Hall–Kier alpha value is -1.55. The molecule has 0 amide bonds. The van der Waals surface area contributed by atoms with E-state index < -0.39 is 0 Å². The molecule has 112 valence electrons. The lowest BCUT2D eigenvalue weighted by Gasteiger charge is -2.18. The molecule has 3 N–H and O–H groups in total. The van der Waals surface area contributed by atoms with E-state index in [1.54, 1.807) is 0 Å². The first-order valence-corrected chi connectivity index (χ1v) is 7.54. The second-order valence-electron chi connectivity index (χ2n) is 4.94. The zero-order valence-electron chi connectivity index (χ0n) is 12.2. The Morgan fingerprint density at radius 3 is 2.71 bits per heavy atom. The lowest BCUT2D eigenvalue weighted by Crippen LogP contribution is -2.29. The van der Waals surface area contributed by atoms with Gasteiger partial charge in [-0.1, -0.05) is 48.9 Å². The first kappa shape index (κ1) is 15.8. The molecule has 0 radical (unpaired) electrons. The minimum absolute atomic E-state index is 0.00456. The van der Waals surface area contributed by atoms with E-state index in [4.69, 9.17) is 22.2 Å². The second-order valence-corrected chi connectivity index (χ2v) is 5.34. The van der Waals surface area contributed by atoms with Crippen LogP contribution in [0.2, 0.25) is 5.02 Å². The van der Waals surface area contributed by atoms with Crippen LogP contribution in [0, 0.1) is 0 Å². The summed E-state index contributed by atoms with van der Waals surface area (Å²) in [6.07, 6.45) is 1.72. The number of halogens is 1. The zero-order valence-corrected chi connectivity index (χ0v) is 12.9. The van der Waals surface area contributed by atoms with Gasteiger partial charge in [-0.3, -0.25) is 11.3 Å². The summed E-state index contributed by atoms with van der Waals surface area (Å²) in [6.45, 7) is 2.81. The summed E-state index contributed by atoms with van der Waals surface area (Å²) in [5.41, 5.74) is 5.02. The molecule has 4 heteroatoms. The molecule has 1 atom stereocenters. The van der Waals surface area contributed by atoms with E-state index in [1.807, 2.05) is 48.5 Å². The molecule has 3 nitrogen and oxygen atoms in total. The number of hydrogen-bond donors (Lipinski definition) is 2. The molecule has 0 aliphatic heterocycles. The van der Waals surface area contributed by atoms with Crippen LogP contribution in [0.4, 0.5) is 0 Å². The largest absolute Gasteiger partial charge is 0.494 e. The number of hydrogen-bond acceptors (Lipinski definition) is 3. The Morgan fingerprint density at radius 1 is 1.19 bits per heavy atom. The van der Waals surface area contributed by atoms with Crippen molar-refractivity contribution < 1.29 is 4.74 Å². The van der Waals surface area contributed by atoms with E-state index in [2.05, 4.69) is 12.3 Å². The van der Waals surface area contributed by atoms with Crippen LogP contribution < -0.4 is 16.0 Å². The van der Waals surface area contributed by atoms with Gasteiger partial charge in [0.05, 0.1) is 12.6 Å². The number of nitrogens with two attached hydrogens (primary N) is 1. The predicted octanol–water partition coefficient (Wildman–Crippen LogP) is 3.88. The molecule has 0 heterocycles. The Bertz CT molecular complexity index is 574.